The van der Waals surface area contributed by atoms with Gasteiger partial charge < -0.3 is 14.5 Å². The van der Waals surface area contributed by atoms with Gasteiger partial charge in [-0.2, -0.15) is 0 Å². The molecule has 2 amide bonds. The lowest BCUT2D eigenvalue weighted by Crippen LogP contribution is -2.51. The molecule has 0 radical (unpaired) electrons. The number of amides is 2. The van der Waals surface area contributed by atoms with Crippen LogP contribution in [0.1, 0.15) is 48.2 Å². The first-order chi connectivity index (χ1) is 12.4. The fourth-order valence-electron chi connectivity index (χ4n) is 3.98. The molecule has 26 heavy (non-hydrogen) atoms. The number of piperidine rings is 1. The van der Waals surface area contributed by atoms with Crippen molar-refractivity contribution < 1.29 is 14.3 Å². The fraction of sp³-hybridized carbons (Fsp3) is 0.650. The Morgan fingerprint density at radius 1 is 1.31 bits per heavy atom. The Hall–Kier alpha value is -1.95. The third-order valence-corrected chi connectivity index (χ3v) is 5.68. The number of pyridine rings is 1. The molecule has 142 valence electrons. The number of hydrogen-bond donors (Lipinski definition) is 0. The molecule has 2 fully saturated rings. The third-order valence-electron chi connectivity index (χ3n) is 5.68. The zero-order valence-electron chi connectivity index (χ0n) is 16.0. The number of carbonyl (C=O) groups excluding carboxylic acids is 2. The SMILES string of the molecule is Cc1ccc(C(=O)N2CCC3(CC2)CC(CC(=O)N(C)C)CCO3)cn1. The van der Waals surface area contributed by atoms with Crippen LogP contribution in [0, 0.1) is 12.8 Å². The Bertz CT molecular complexity index is 649. The van der Waals surface area contributed by atoms with Gasteiger partial charge in [-0.15, -0.1) is 0 Å². The van der Waals surface area contributed by atoms with Crippen molar-refractivity contribution in [3.05, 3.63) is 29.6 Å². The molecule has 2 saturated heterocycles. The molecular formula is C20H29N3O3. The minimum atomic E-state index is -0.169. The number of rotatable bonds is 3. The molecular weight excluding hydrogens is 330 g/mol. The second kappa shape index (κ2) is 7.74. The standard InChI is InChI=1S/C20H29N3O3/c1-15-4-5-17(14-21-15)19(25)23-9-7-20(8-10-23)13-16(6-11-26-20)12-18(24)22(2)3/h4-5,14,16H,6-13H2,1-3H3. The van der Waals surface area contributed by atoms with E-state index in [9.17, 15) is 9.59 Å². The number of aryl methyl sites for hydroxylation is 1. The van der Waals surface area contributed by atoms with E-state index < -0.39 is 0 Å². The highest BCUT2D eigenvalue weighted by Gasteiger charge is 2.41. The highest BCUT2D eigenvalue weighted by molar-refractivity contribution is 5.94. The maximum absolute atomic E-state index is 12.7. The molecule has 1 aromatic rings. The molecule has 1 aromatic heterocycles. The molecule has 3 heterocycles. The highest BCUT2D eigenvalue weighted by Crippen LogP contribution is 2.39. The number of nitrogens with zero attached hydrogens (tertiary/aromatic N) is 3. The zero-order valence-corrected chi connectivity index (χ0v) is 16.0. The molecule has 6 nitrogen and oxygen atoms in total. The van der Waals surface area contributed by atoms with Crippen LogP contribution in [0.3, 0.4) is 0 Å². The second-order valence-corrected chi connectivity index (χ2v) is 7.86. The van der Waals surface area contributed by atoms with Crippen molar-refractivity contribution in [2.45, 2.75) is 44.6 Å². The molecule has 1 spiro atoms. The van der Waals surface area contributed by atoms with E-state index in [4.69, 9.17) is 4.74 Å². The average molecular weight is 359 g/mol. The van der Waals surface area contributed by atoms with Gasteiger partial charge >= 0.3 is 0 Å². The van der Waals surface area contributed by atoms with E-state index in [2.05, 4.69) is 4.98 Å². The van der Waals surface area contributed by atoms with E-state index in [0.717, 1.165) is 31.4 Å². The molecule has 0 N–H and O–H groups in total. The summed E-state index contributed by atoms with van der Waals surface area (Å²) in [5, 5.41) is 0. The van der Waals surface area contributed by atoms with Crippen molar-refractivity contribution in [2.24, 2.45) is 5.92 Å². The average Bonchev–Trinajstić information content (AvgIpc) is 2.62. The molecule has 0 saturated carbocycles. The van der Waals surface area contributed by atoms with Gasteiger partial charge in [-0.05, 0) is 50.7 Å². The number of likely N-dealkylation sites (tertiary alicyclic amines) is 1. The first kappa shape index (κ1) is 18.8. The molecule has 6 heteroatoms. The van der Waals surface area contributed by atoms with Crippen LogP contribution in [0.4, 0.5) is 0 Å². The van der Waals surface area contributed by atoms with Gasteiger partial charge in [0.1, 0.15) is 0 Å². The Kier molecular flexibility index (Phi) is 5.61. The summed E-state index contributed by atoms with van der Waals surface area (Å²) in [4.78, 5) is 32.5. The monoisotopic (exact) mass is 359 g/mol. The van der Waals surface area contributed by atoms with Gasteiger partial charge in [0.25, 0.3) is 5.91 Å². The van der Waals surface area contributed by atoms with Crippen molar-refractivity contribution in [1.29, 1.82) is 0 Å². The maximum atomic E-state index is 12.7. The summed E-state index contributed by atoms with van der Waals surface area (Å²) in [7, 11) is 3.61. The normalized spacial score (nSPS) is 22.3. The summed E-state index contributed by atoms with van der Waals surface area (Å²) >= 11 is 0. The minimum Gasteiger partial charge on any atom is -0.375 e. The summed E-state index contributed by atoms with van der Waals surface area (Å²) in [6, 6.07) is 3.71. The van der Waals surface area contributed by atoms with Gasteiger partial charge in [-0.1, -0.05) is 0 Å². The van der Waals surface area contributed by atoms with Crippen LogP contribution >= 0.6 is 0 Å². The lowest BCUT2D eigenvalue weighted by molar-refractivity contribution is -0.139. The third kappa shape index (κ3) is 4.23. The number of carbonyl (C=O) groups is 2. The van der Waals surface area contributed by atoms with Crippen LogP contribution in [0.25, 0.3) is 0 Å². The van der Waals surface area contributed by atoms with Crippen LogP contribution in [0.2, 0.25) is 0 Å². The zero-order chi connectivity index (χ0) is 18.7. The molecule has 3 rings (SSSR count). The molecule has 0 aromatic carbocycles. The molecule has 0 bridgehead atoms. The predicted octanol–water partition coefficient (Wildman–Crippen LogP) is 2.27. The summed E-state index contributed by atoms with van der Waals surface area (Å²) < 4.78 is 6.15. The molecule has 2 aliphatic rings. The van der Waals surface area contributed by atoms with Crippen molar-refractivity contribution >= 4 is 11.8 Å². The van der Waals surface area contributed by atoms with E-state index in [1.165, 1.54) is 0 Å². The van der Waals surface area contributed by atoms with Crippen LogP contribution in [-0.2, 0) is 9.53 Å². The lowest BCUT2D eigenvalue weighted by atomic mass is 9.78. The molecule has 2 aliphatic heterocycles. The van der Waals surface area contributed by atoms with Crippen molar-refractivity contribution in [3.8, 4) is 0 Å². The van der Waals surface area contributed by atoms with Gasteiger partial charge in [0.15, 0.2) is 0 Å². The smallest absolute Gasteiger partial charge is 0.255 e. The molecule has 1 atom stereocenters. The number of aromatic nitrogens is 1. The van der Waals surface area contributed by atoms with Gasteiger partial charge in [0, 0.05) is 52.1 Å². The van der Waals surface area contributed by atoms with E-state index >= 15 is 0 Å². The summed E-state index contributed by atoms with van der Waals surface area (Å²) in [6.07, 6.45) is 5.78. The van der Waals surface area contributed by atoms with E-state index in [1.807, 2.05) is 38.1 Å². The van der Waals surface area contributed by atoms with Crippen molar-refractivity contribution in [2.75, 3.05) is 33.8 Å². The summed E-state index contributed by atoms with van der Waals surface area (Å²) in [5.41, 5.74) is 1.39. The molecule has 0 aliphatic carbocycles. The first-order valence-electron chi connectivity index (χ1n) is 9.45. The van der Waals surface area contributed by atoms with Gasteiger partial charge in [0.05, 0.1) is 11.2 Å². The van der Waals surface area contributed by atoms with Crippen LogP contribution in [-0.4, -0.2) is 66.0 Å². The Balaban J connectivity index is 1.57. The largest absolute Gasteiger partial charge is 0.375 e. The summed E-state index contributed by atoms with van der Waals surface area (Å²) in [6.45, 7) is 4.01. The number of ether oxygens (including phenoxy) is 1. The van der Waals surface area contributed by atoms with E-state index in [0.29, 0.717) is 37.6 Å². The fourth-order valence-corrected chi connectivity index (χ4v) is 3.98. The Morgan fingerprint density at radius 2 is 2.04 bits per heavy atom. The van der Waals surface area contributed by atoms with Crippen molar-refractivity contribution in [1.82, 2.24) is 14.8 Å². The minimum absolute atomic E-state index is 0.0440. The van der Waals surface area contributed by atoms with E-state index in [1.54, 1.807) is 11.1 Å². The van der Waals surface area contributed by atoms with Crippen LogP contribution in [0.5, 0.6) is 0 Å². The van der Waals surface area contributed by atoms with Crippen LogP contribution < -0.4 is 0 Å². The van der Waals surface area contributed by atoms with Crippen LogP contribution in [0.15, 0.2) is 18.3 Å². The summed E-state index contributed by atoms with van der Waals surface area (Å²) in [5.74, 6) is 0.608. The lowest BCUT2D eigenvalue weighted by Gasteiger charge is -2.46. The topological polar surface area (TPSA) is 62.7 Å². The van der Waals surface area contributed by atoms with Gasteiger partial charge in [0.2, 0.25) is 5.91 Å². The maximum Gasteiger partial charge on any atom is 0.255 e. The van der Waals surface area contributed by atoms with E-state index in [-0.39, 0.29) is 17.4 Å². The second-order valence-electron chi connectivity index (χ2n) is 7.86. The highest BCUT2D eigenvalue weighted by atomic mass is 16.5. The Morgan fingerprint density at radius 3 is 2.65 bits per heavy atom. The predicted molar refractivity (Wildman–Crippen MR) is 98.8 cm³/mol. The number of hydrogen-bond acceptors (Lipinski definition) is 4. The van der Waals surface area contributed by atoms with Crippen molar-refractivity contribution in [3.63, 3.8) is 0 Å². The van der Waals surface area contributed by atoms with Gasteiger partial charge in [-0.25, -0.2) is 0 Å². The first-order valence-corrected chi connectivity index (χ1v) is 9.45. The Labute approximate surface area is 155 Å². The quantitative estimate of drug-likeness (QED) is 0.831. The van der Waals surface area contributed by atoms with Gasteiger partial charge in [-0.3, -0.25) is 14.6 Å². The molecule has 1 unspecified atom stereocenters.